The van der Waals surface area contributed by atoms with E-state index in [0.29, 0.717) is 51.2 Å². The number of hydrogen-bond acceptors (Lipinski definition) is 4. The maximum absolute atomic E-state index is 12.0. The molecule has 0 heterocycles. The summed E-state index contributed by atoms with van der Waals surface area (Å²) in [5, 5.41) is 0. The van der Waals surface area contributed by atoms with Gasteiger partial charge < -0.3 is 9.47 Å². The first-order valence-corrected chi connectivity index (χ1v) is 10.7. The molecular weight excluding hydrogens is 352 g/mol. The Morgan fingerprint density at radius 2 is 1.29 bits per heavy atom. The lowest BCUT2D eigenvalue weighted by Gasteiger charge is -2.41. The number of ketones is 2. The zero-order valence-corrected chi connectivity index (χ0v) is 19.2. The third-order valence-corrected chi connectivity index (χ3v) is 5.17. The SMILES string of the molecule is C.CC(C)CCCOC(C)(OCCCC(=O)CCCC(=O)C(C)C)C(C)(C)C. The van der Waals surface area contributed by atoms with Crippen LogP contribution < -0.4 is 0 Å². The van der Waals surface area contributed by atoms with Crippen molar-refractivity contribution in [2.24, 2.45) is 17.3 Å². The van der Waals surface area contributed by atoms with E-state index in [-0.39, 0.29) is 30.3 Å². The van der Waals surface area contributed by atoms with Crippen LogP contribution in [0.5, 0.6) is 0 Å². The minimum absolute atomic E-state index is 0. The summed E-state index contributed by atoms with van der Waals surface area (Å²) in [5.41, 5.74) is -0.147. The average Bonchev–Trinajstić information content (AvgIpc) is 2.54. The summed E-state index contributed by atoms with van der Waals surface area (Å²) in [5.74, 6) is 0.532. The molecule has 168 valence electrons. The molecule has 0 fully saturated rings. The highest BCUT2D eigenvalue weighted by molar-refractivity contribution is 5.82. The van der Waals surface area contributed by atoms with Gasteiger partial charge in [-0.05, 0) is 38.5 Å². The highest BCUT2D eigenvalue weighted by Gasteiger charge is 2.39. The molecule has 0 spiro atoms. The largest absolute Gasteiger partial charge is 0.350 e. The molecule has 0 bridgehead atoms. The Labute approximate surface area is 175 Å². The molecule has 0 aliphatic heterocycles. The first kappa shape index (κ1) is 29.5. The Balaban J connectivity index is 0. The highest BCUT2D eigenvalue weighted by Crippen LogP contribution is 2.35. The van der Waals surface area contributed by atoms with Gasteiger partial charge in [0.25, 0.3) is 0 Å². The van der Waals surface area contributed by atoms with E-state index in [9.17, 15) is 9.59 Å². The lowest BCUT2D eigenvalue weighted by Crippen LogP contribution is -2.45. The standard InChI is InChI=1S/C23H44O4.CH4/c1-18(2)12-10-16-26-23(8,22(5,6)7)27-17-11-14-20(24)13-9-15-21(25)19(3)4;/h18-19H,9-17H2,1-8H3;1H4. The molecule has 0 radical (unpaired) electrons. The van der Waals surface area contributed by atoms with Crippen molar-refractivity contribution >= 4 is 11.6 Å². The van der Waals surface area contributed by atoms with Crippen LogP contribution in [-0.2, 0) is 19.1 Å². The van der Waals surface area contributed by atoms with Crippen LogP contribution in [-0.4, -0.2) is 30.6 Å². The summed E-state index contributed by atoms with van der Waals surface area (Å²) < 4.78 is 12.2. The highest BCUT2D eigenvalue weighted by atomic mass is 16.7. The van der Waals surface area contributed by atoms with E-state index >= 15 is 0 Å². The summed E-state index contributed by atoms with van der Waals surface area (Å²) in [6.07, 6.45) is 5.03. The summed E-state index contributed by atoms with van der Waals surface area (Å²) in [7, 11) is 0. The molecule has 0 aromatic rings. The normalized spacial score (nSPS) is 14.1. The van der Waals surface area contributed by atoms with Crippen LogP contribution >= 0.6 is 0 Å². The van der Waals surface area contributed by atoms with Gasteiger partial charge in [-0.25, -0.2) is 0 Å². The maximum atomic E-state index is 12.0. The first-order chi connectivity index (χ1) is 12.4. The van der Waals surface area contributed by atoms with Crippen LogP contribution in [0.25, 0.3) is 0 Å². The third-order valence-electron chi connectivity index (χ3n) is 5.17. The minimum Gasteiger partial charge on any atom is -0.350 e. The van der Waals surface area contributed by atoms with Gasteiger partial charge in [-0.1, -0.05) is 55.9 Å². The maximum Gasteiger partial charge on any atom is 0.170 e. The summed E-state index contributed by atoms with van der Waals surface area (Å²) in [4.78, 5) is 23.6. The fraction of sp³-hybridized carbons (Fsp3) is 0.917. The van der Waals surface area contributed by atoms with E-state index in [1.807, 2.05) is 20.8 Å². The van der Waals surface area contributed by atoms with Crippen molar-refractivity contribution in [1.82, 2.24) is 0 Å². The fourth-order valence-corrected chi connectivity index (χ4v) is 2.64. The zero-order valence-electron chi connectivity index (χ0n) is 19.2. The molecule has 0 aromatic heterocycles. The molecular formula is C24H48O4. The first-order valence-electron chi connectivity index (χ1n) is 10.7. The van der Waals surface area contributed by atoms with Crippen LogP contribution in [0.4, 0.5) is 0 Å². The van der Waals surface area contributed by atoms with E-state index in [1.54, 1.807) is 0 Å². The Morgan fingerprint density at radius 3 is 1.75 bits per heavy atom. The molecule has 4 nitrogen and oxygen atoms in total. The van der Waals surface area contributed by atoms with E-state index < -0.39 is 5.79 Å². The van der Waals surface area contributed by atoms with Crippen molar-refractivity contribution in [2.75, 3.05) is 13.2 Å². The van der Waals surface area contributed by atoms with Gasteiger partial charge in [0.05, 0.1) is 13.2 Å². The van der Waals surface area contributed by atoms with Crippen LogP contribution in [0.3, 0.4) is 0 Å². The molecule has 28 heavy (non-hydrogen) atoms. The van der Waals surface area contributed by atoms with Crippen molar-refractivity contribution in [2.45, 2.75) is 114 Å². The molecule has 0 N–H and O–H groups in total. The van der Waals surface area contributed by atoms with Gasteiger partial charge in [-0.15, -0.1) is 0 Å². The van der Waals surface area contributed by atoms with Crippen molar-refractivity contribution in [1.29, 1.82) is 0 Å². The number of ether oxygens (including phenoxy) is 2. The molecule has 0 aliphatic carbocycles. The number of carbonyl (C=O) groups is 2. The second-order valence-corrected chi connectivity index (χ2v) is 9.55. The molecule has 0 saturated heterocycles. The molecule has 0 amide bonds. The van der Waals surface area contributed by atoms with Crippen LogP contribution in [0.2, 0.25) is 0 Å². The van der Waals surface area contributed by atoms with Crippen molar-refractivity contribution in [3.63, 3.8) is 0 Å². The van der Waals surface area contributed by atoms with Crippen molar-refractivity contribution < 1.29 is 19.1 Å². The number of Topliss-reactive ketones (excluding diaryl/α,β-unsaturated/α-hetero) is 2. The molecule has 4 heteroatoms. The molecule has 0 aromatic carbocycles. The van der Waals surface area contributed by atoms with E-state index in [0.717, 1.165) is 12.8 Å². The van der Waals surface area contributed by atoms with Gasteiger partial charge in [0.15, 0.2) is 5.79 Å². The predicted octanol–water partition coefficient (Wildman–Crippen LogP) is 6.60. The average molecular weight is 401 g/mol. The Bertz CT molecular complexity index is 434. The van der Waals surface area contributed by atoms with Crippen LogP contribution in [0.15, 0.2) is 0 Å². The lowest BCUT2D eigenvalue weighted by molar-refractivity contribution is -0.278. The summed E-state index contributed by atoms with van der Waals surface area (Å²) in [6.45, 7) is 17.8. The van der Waals surface area contributed by atoms with Gasteiger partial charge in [-0.3, -0.25) is 9.59 Å². The topological polar surface area (TPSA) is 52.6 Å². The van der Waals surface area contributed by atoms with Crippen LogP contribution in [0, 0.1) is 17.3 Å². The Hall–Kier alpha value is -0.740. The van der Waals surface area contributed by atoms with Gasteiger partial charge in [0.2, 0.25) is 0 Å². The van der Waals surface area contributed by atoms with Gasteiger partial charge in [0.1, 0.15) is 11.6 Å². The molecule has 0 aliphatic rings. The smallest absolute Gasteiger partial charge is 0.170 e. The van der Waals surface area contributed by atoms with E-state index in [2.05, 4.69) is 34.6 Å². The van der Waals surface area contributed by atoms with Gasteiger partial charge in [-0.2, -0.15) is 0 Å². The third kappa shape index (κ3) is 12.7. The molecule has 0 saturated carbocycles. The van der Waals surface area contributed by atoms with Gasteiger partial charge in [0, 0.05) is 30.6 Å². The minimum atomic E-state index is -0.656. The monoisotopic (exact) mass is 400 g/mol. The number of rotatable bonds is 15. The van der Waals surface area contributed by atoms with Crippen LogP contribution in [0.1, 0.15) is 108 Å². The molecule has 1 atom stereocenters. The Kier molecular flexibility index (Phi) is 15.0. The van der Waals surface area contributed by atoms with Crippen molar-refractivity contribution in [3.8, 4) is 0 Å². The second-order valence-electron chi connectivity index (χ2n) is 9.55. The predicted molar refractivity (Wildman–Crippen MR) is 119 cm³/mol. The molecule has 1 unspecified atom stereocenters. The zero-order chi connectivity index (χ0) is 21.1. The number of hydrogen-bond donors (Lipinski definition) is 0. The van der Waals surface area contributed by atoms with E-state index in [1.165, 1.54) is 0 Å². The quantitative estimate of drug-likeness (QED) is 0.229. The molecule has 0 rings (SSSR count). The summed E-state index contributed by atoms with van der Waals surface area (Å²) in [6, 6.07) is 0. The number of carbonyl (C=O) groups excluding carboxylic acids is 2. The summed E-state index contributed by atoms with van der Waals surface area (Å²) >= 11 is 0. The van der Waals surface area contributed by atoms with E-state index in [4.69, 9.17) is 9.47 Å². The second kappa shape index (κ2) is 14.3. The fourth-order valence-electron chi connectivity index (χ4n) is 2.64. The lowest BCUT2D eigenvalue weighted by atomic mass is 9.86. The van der Waals surface area contributed by atoms with Crippen molar-refractivity contribution in [3.05, 3.63) is 0 Å². The van der Waals surface area contributed by atoms with Gasteiger partial charge >= 0.3 is 0 Å². The Morgan fingerprint density at radius 1 is 0.786 bits per heavy atom.